The second-order valence-electron chi connectivity index (χ2n) is 4.49. The molecule has 4 nitrogen and oxygen atoms in total. The van der Waals surface area contributed by atoms with Gasteiger partial charge in [-0.3, -0.25) is 4.79 Å². The molecule has 0 aliphatic carbocycles. The van der Waals surface area contributed by atoms with E-state index in [0.29, 0.717) is 13.0 Å². The lowest BCUT2D eigenvalue weighted by atomic mass is 10.2. The average Bonchev–Trinajstić information content (AvgIpc) is 2.95. The zero-order valence-electron chi connectivity index (χ0n) is 12.0. The Morgan fingerprint density at radius 1 is 1.29 bits per heavy atom. The SMILES string of the molecule is CNCCCC(=O)NCc1csc(-c2ccccc2)n1.Cl. The van der Waals surface area contributed by atoms with E-state index in [1.54, 1.807) is 11.3 Å². The van der Waals surface area contributed by atoms with Crippen LogP contribution in [0.4, 0.5) is 0 Å². The Morgan fingerprint density at radius 3 is 2.76 bits per heavy atom. The Labute approximate surface area is 135 Å². The van der Waals surface area contributed by atoms with Crippen molar-refractivity contribution in [2.24, 2.45) is 0 Å². The third-order valence-corrected chi connectivity index (χ3v) is 3.81. The van der Waals surface area contributed by atoms with E-state index in [-0.39, 0.29) is 18.3 Å². The molecule has 0 saturated heterocycles. The molecule has 0 aliphatic heterocycles. The molecule has 1 heterocycles. The maximum absolute atomic E-state index is 11.6. The molecular weight excluding hydrogens is 306 g/mol. The van der Waals surface area contributed by atoms with Crippen molar-refractivity contribution in [3.05, 3.63) is 41.4 Å². The van der Waals surface area contributed by atoms with Gasteiger partial charge in [0.15, 0.2) is 0 Å². The third kappa shape index (κ3) is 5.83. The number of benzene rings is 1. The van der Waals surface area contributed by atoms with Crippen LogP contribution in [0, 0.1) is 0 Å². The molecule has 1 amide bonds. The monoisotopic (exact) mass is 325 g/mol. The molecule has 6 heteroatoms. The summed E-state index contributed by atoms with van der Waals surface area (Å²) < 4.78 is 0. The van der Waals surface area contributed by atoms with Crippen LogP contribution in [-0.2, 0) is 11.3 Å². The van der Waals surface area contributed by atoms with Crippen LogP contribution >= 0.6 is 23.7 Å². The van der Waals surface area contributed by atoms with Crippen LogP contribution in [0.25, 0.3) is 10.6 Å². The molecule has 114 valence electrons. The van der Waals surface area contributed by atoms with Crippen molar-refractivity contribution < 1.29 is 4.79 Å². The van der Waals surface area contributed by atoms with Crippen LogP contribution in [0.2, 0.25) is 0 Å². The van der Waals surface area contributed by atoms with E-state index in [2.05, 4.69) is 15.6 Å². The van der Waals surface area contributed by atoms with Crippen molar-refractivity contribution in [1.82, 2.24) is 15.6 Å². The van der Waals surface area contributed by atoms with E-state index < -0.39 is 0 Å². The predicted octanol–water partition coefficient (Wildman–Crippen LogP) is 2.85. The fraction of sp³-hybridized carbons (Fsp3) is 0.333. The Balaban J connectivity index is 0.00000220. The van der Waals surface area contributed by atoms with Gasteiger partial charge in [0.05, 0.1) is 12.2 Å². The smallest absolute Gasteiger partial charge is 0.220 e. The van der Waals surface area contributed by atoms with E-state index in [4.69, 9.17) is 0 Å². The molecule has 21 heavy (non-hydrogen) atoms. The highest BCUT2D eigenvalue weighted by atomic mass is 35.5. The van der Waals surface area contributed by atoms with Gasteiger partial charge < -0.3 is 10.6 Å². The largest absolute Gasteiger partial charge is 0.350 e. The highest BCUT2D eigenvalue weighted by Crippen LogP contribution is 2.23. The average molecular weight is 326 g/mol. The molecule has 1 aromatic heterocycles. The number of amides is 1. The van der Waals surface area contributed by atoms with Crippen molar-refractivity contribution >= 4 is 29.7 Å². The highest BCUT2D eigenvalue weighted by Gasteiger charge is 2.06. The van der Waals surface area contributed by atoms with Crippen molar-refractivity contribution in [3.63, 3.8) is 0 Å². The van der Waals surface area contributed by atoms with E-state index in [9.17, 15) is 4.79 Å². The minimum atomic E-state index is 0. The molecule has 0 radical (unpaired) electrons. The molecule has 2 N–H and O–H groups in total. The summed E-state index contributed by atoms with van der Waals surface area (Å²) in [7, 11) is 1.89. The molecule has 0 fully saturated rings. The number of aromatic nitrogens is 1. The number of thiazole rings is 1. The van der Waals surface area contributed by atoms with Gasteiger partial charge in [-0.05, 0) is 20.0 Å². The van der Waals surface area contributed by atoms with Crippen LogP contribution in [-0.4, -0.2) is 24.5 Å². The summed E-state index contributed by atoms with van der Waals surface area (Å²) >= 11 is 1.60. The third-order valence-electron chi connectivity index (χ3n) is 2.87. The lowest BCUT2D eigenvalue weighted by Crippen LogP contribution is -2.23. The van der Waals surface area contributed by atoms with E-state index in [1.165, 1.54) is 0 Å². The van der Waals surface area contributed by atoms with Gasteiger partial charge in [0.1, 0.15) is 5.01 Å². The summed E-state index contributed by atoms with van der Waals surface area (Å²) in [5.74, 6) is 0.0783. The molecule has 0 unspecified atom stereocenters. The quantitative estimate of drug-likeness (QED) is 0.770. The fourth-order valence-electron chi connectivity index (χ4n) is 1.80. The number of nitrogens with one attached hydrogen (secondary N) is 2. The number of hydrogen-bond acceptors (Lipinski definition) is 4. The van der Waals surface area contributed by atoms with Gasteiger partial charge in [-0.1, -0.05) is 30.3 Å². The van der Waals surface area contributed by atoms with Crippen molar-refractivity contribution in [2.45, 2.75) is 19.4 Å². The fourth-order valence-corrected chi connectivity index (χ4v) is 2.63. The Kier molecular flexibility index (Phi) is 7.97. The second kappa shape index (κ2) is 9.50. The van der Waals surface area contributed by atoms with Crippen LogP contribution in [0.5, 0.6) is 0 Å². The van der Waals surface area contributed by atoms with Gasteiger partial charge in [0.2, 0.25) is 5.91 Å². The zero-order chi connectivity index (χ0) is 14.2. The number of carbonyl (C=O) groups is 1. The van der Waals surface area contributed by atoms with Gasteiger partial charge in [-0.15, -0.1) is 23.7 Å². The lowest BCUT2D eigenvalue weighted by Gasteiger charge is -2.02. The normalized spacial score (nSPS) is 9.95. The first-order chi connectivity index (χ1) is 9.79. The number of halogens is 1. The minimum absolute atomic E-state index is 0. The van der Waals surface area contributed by atoms with Gasteiger partial charge in [0, 0.05) is 17.4 Å². The van der Waals surface area contributed by atoms with Gasteiger partial charge in [0.25, 0.3) is 0 Å². The first-order valence-electron chi connectivity index (χ1n) is 6.70. The summed E-state index contributed by atoms with van der Waals surface area (Å²) in [5, 5.41) is 8.91. The molecule has 2 aromatic rings. The second-order valence-corrected chi connectivity index (χ2v) is 5.35. The molecule has 0 saturated carbocycles. The van der Waals surface area contributed by atoms with Crippen molar-refractivity contribution in [2.75, 3.05) is 13.6 Å². The topological polar surface area (TPSA) is 54.0 Å². The number of carbonyl (C=O) groups excluding carboxylic acids is 1. The Bertz CT molecular complexity index is 545. The standard InChI is InChI=1S/C15H19N3OS.ClH/c1-16-9-5-8-14(19)17-10-13-11-20-15(18-13)12-6-3-2-4-7-12;/h2-4,6-7,11,16H,5,8-10H2,1H3,(H,17,19);1H. The highest BCUT2D eigenvalue weighted by molar-refractivity contribution is 7.13. The van der Waals surface area contributed by atoms with E-state index in [1.807, 2.05) is 42.8 Å². The van der Waals surface area contributed by atoms with Crippen LogP contribution in [0.3, 0.4) is 0 Å². The number of nitrogens with zero attached hydrogens (tertiary/aromatic N) is 1. The summed E-state index contributed by atoms with van der Waals surface area (Å²) in [6.07, 6.45) is 1.41. The van der Waals surface area contributed by atoms with Crippen LogP contribution in [0.15, 0.2) is 35.7 Å². The minimum Gasteiger partial charge on any atom is -0.350 e. The summed E-state index contributed by atoms with van der Waals surface area (Å²) in [6.45, 7) is 1.37. The molecule has 1 aromatic carbocycles. The van der Waals surface area contributed by atoms with E-state index >= 15 is 0 Å². The molecule has 2 rings (SSSR count). The molecule has 0 atom stereocenters. The van der Waals surface area contributed by atoms with Crippen LogP contribution < -0.4 is 10.6 Å². The van der Waals surface area contributed by atoms with Gasteiger partial charge in [-0.25, -0.2) is 4.98 Å². The molecule has 0 spiro atoms. The first kappa shape index (κ1) is 17.6. The van der Waals surface area contributed by atoms with Gasteiger partial charge in [-0.2, -0.15) is 0 Å². The molecular formula is C15H20ClN3OS. The molecule has 0 aliphatic rings. The molecule has 0 bridgehead atoms. The Morgan fingerprint density at radius 2 is 2.05 bits per heavy atom. The van der Waals surface area contributed by atoms with Crippen molar-refractivity contribution in [3.8, 4) is 10.6 Å². The van der Waals surface area contributed by atoms with Crippen LogP contribution in [0.1, 0.15) is 18.5 Å². The lowest BCUT2D eigenvalue weighted by molar-refractivity contribution is -0.121. The zero-order valence-corrected chi connectivity index (χ0v) is 13.6. The van der Waals surface area contributed by atoms with Crippen molar-refractivity contribution in [1.29, 1.82) is 0 Å². The Hall–Kier alpha value is -1.43. The summed E-state index contributed by atoms with van der Waals surface area (Å²) in [6, 6.07) is 10.1. The number of rotatable bonds is 7. The van der Waals surface area contributed by atoms with E-state index in [0.717, 1.165) is 29.2 Å². The maximum atomic E-state index is 11.6. The van der Waals surface area contributed by atoms with Gasteiger partial charge >= 0.3 is 0 Å². The maximum Gasteiger partial charge on any atom is 0.220 e. The summed E-state index contributed by atoms with van der Waals surface area (Å²) in [4.78, 5) is 16.1. The number of hydrogen-bond donors (Lipinski definition) is 2. The summed E-state index contributed by atoms with van der Waals surface area (Å²) in [5.41, 5.74) is 2.03. The first-order valence-corrected chi connectivity index (χ1v) is 7.58. The predicted molar refractivity (Wildman–Crippen MR) is 89.8 cm³/mol.